The van der Waals surface area contributed by atoms with Gasteiger partial charge in [0, 0.05) is 11.8 Å². The predicted molar refractivity (Wildman–Crippen MR) is 111 cm³/mol. The van der Waals surface area contributed by atoms with Crippen LogP contribution in [0.15, 0.2) is 48.5 Å². The van der Waals surface area contributed by atoms with Crippen LogP contribution in [0.1, 0.15) is 44.2 Å². The fourth-order valence-corrected chi connectivity index (χ4v) is 2.74. The first kappa shape index (κ1) is 20.6. The minimum Gasteiger partial charge on any atom is -0.493 e. The summed E-state index contributed by atoms with van der Waals surface area (Å²) in [5.41, 5.74) is 2.85. The molecule has 4 heteroatoms. The van der Waals surface area contributed by atoms with Crippen LogP contribution in [0.4, 0.5) is 5.69 Å². The monoisotopic (exact) mass is 367 g/mol. The zero-order chi connectivity index (χ0) is 19.5. The van der Waals surface area contributed by atoms with E-state index in [0.29, 0.717) is 12.4 Å². The zero-order valence-corrected chi connectivity index (χ0v) is 16.5. The maximum Gasteiger partial charge on any atom is 0.248 e. The number of hydrogen-bond acceptors (Lipinski definition) is 3. The van der Waals surface area contributed by atoms with Gasteiger partial charge in [0.1, 0.15) is 0 Å². The van der Waals surface area contributed by atoms with Crippen molar-refractivity contribution >= 4 is 17.7 Å². The number of nitrogens with one attached hydrogen (secondary N) is 1. The highest BCUT2D eigenvalue weighted by molar-refractivity contribution is 6.02. The number of para-hydroxylation sites is 1. The third-order valence-corrected chi connectivity index (χ3v) is 4.28. The summed E-state index contributed by atoms with van der Waals surface area (Å²) >= 11 is 0. The van der Waals surface area contributed by atoms with Crippen molar-refractivity contribution in [1.29, 1.82) is 0 Å². The van der Waals surface area contributed by atoms with Crippen molar-refractivity contribution in [3.8, 4) is 11.5 Å². The van der Waals surface area contributed by atoms with Gasteiger partial charge in [-0.3, -0.25) is 4.79 Å². The molecule has 0 saturated heterocycles. The van der Waals surface area contributed by atoms with E-state index in [4.69, 9.17) is 9.47 Å². The van der Waals surface area contributed by atoms with Crippen LogP contribution < -0.4 is 14.8 Å². The number of methoxy groups -OCH3 is 1. The standard InChI is InChI=1S/C23H29NO3/c1-4-6-9-16-27-21-14-12-18(17-22(21)26-3)13-15-23(25)24-20-11-8-7-10-19(20)5-2/h7-8,10-15,17H,4-6,9,16H2,1-3H3,(H,24,25). The molecule has 0 atom stereocenters. The highest BCUT2D eigenvalue weighted by atomic mass is 16.5. The fraction of sp³-hybridized carbons (Fsp3) is 0.348. The molecule has 2 aromatic carbocycles. The Morgan fingerprint density at radius 1 is 1.07 bits per heavy atom. The average Bonchev–Trinajstić information content (AvgIpc) is 2.70. The lowest BCUT2D eigenvalue weighted by Gasteiger charge is -2.11. The van der Waals surface area contributed by atoms with Crippen LogP contribution >= 0.6 is 0 Å². The molecule has 2 rings (SSSR count). The molecule has 0 heterocycles. The molecule has 0 radical (unpaired) electrons. The zero-order valence-electron chi connectivity index (χ0n) is 16.5. The Morgan fingerprint density at radius 3 is 2.63 bits per heavy atom. The molecule has 0 spiro atoms. The predicted octanol–water partition coefficient (Wildman–Crippen LogP) is 5.48. The van der Waals surface area contributed by atoms with Gasteiger partial charge in [0.2, 0.25) is 5.91 Å². The second kappa shape index (κ2) is 11.1. The molecular formula is C23H29NO3. The molecule has 0 bridgehead atoms. The second-order valence-corrected chi connectivity index (χ2v) is 6.30. The molecule has 0 unspecified atom stereocenters. The Labute approximate surface area is 162 Å². The van der Waals surface area contributed by atoms with Gasteiger partial charge in [-0.1, -0.05) is 51.0 Å². The molecular weight excluding hydrogens is 338 g/mol. The number of rotatable bonds is 10. The van der Waals surface area contributed by atoms with Crippen LogP contribution in [0.2, 0.25) is 0 Å². The lowest BCUT2D eigenvalue weighted by atomic mass is 10.1. The van der Waals surface area contributed by atoms with Crippen molar-refractivity contribution in [2.75, 3.05) is 19.0 Å². The third kappa shape index (κ3) is 6.48. The summed E-state index contributed by atoms with van der Waals surface area (Å²) in [6.45, 7) is 4.91. The largest absolute Gasteiger partial charge is 0.493 e. The fourth-order valence-electron chi connectivity index (χ4n) is 2.74. The molecule has 0 fully saturated rings. The normalized spacial score (nSPS) is 10.8. The molecule has 2 aromatic rings. The number of hydrogen-bond donors (Lipinski definition) is 1. The van der Waals surface area contributed by atoms with Crippen molar-refractivity contribution < 1.29 is 14.3 Å². The second-order valence-electron chi connectivity index (χ2n) is 6.30. The third-order valence-electron chi connectivity index (χ3n) is 4.28. The van der Waals surface area contributed by atoms with E-state index in [1.165, 1.54) is 6.08 Å². The van der Waals surface area contributed by atoms with Gasteiger partial charge < -0.3 is 14.8 Å². The summed E-state index contributed by atoms with van der Waals surface area (Å²) in [5.74, 6) is 1.24. The SMILES string of the molecule is CCCCCOc1ccc(C=CC(=O)Nc2ccccc2CC)cc1OC. The van der Waals surface area contributed by atoms with Crippen LogP contribution in [0, 0.1) is 0 Å². The lowest BCUT2D eigenvalue weighted by Crippen LogP contribution is -2.09. The number of ether oxygens (including phenoxy) is 2. The Kier molecular flexibility index (Phi) is 8.43. The minimum absolute atomic E-state index is 0.158. The summed E-state index contributed by atoms with van der Waals surface area (Å²) < 4.78 is 11.2. The topological polar surface area (TPSA) is 47.6 Å². The summed E-state index contributed by atoms with van der Waals surface area (Å²) in [7, 11) is 1.62. The van der Waals surface area contributed by atoms with E-state index in [0.717, 1.165) is 48.2 Å². The number of aryl methyl sites for hydroxylation is 1. The Morgan fingerprint density at radius 2 is 1.89 bits per heavy atom. The van der Waals surface area contributed by atoms with Crippen molar-refractivity contribution in [3.63, 3.8) is 0 Å². The first-order valence-electron chi connectivity index (χ1n) is 9.55. The minimum atomic E-state index is -0.158. The number of carbonyl (C=O) groups is 1. The highest BCUT2D eigenvalue weighted by Gasteiger charge is 2.06. The first-order valence-corrected chi connectivity index (χ1v) is 9.55. The van der Waals surface area contributed by atoms with Gasteiger partial charge in [-0.2, -0.15) is 0 Å². The van der Waals surface area contributed by atoms with Crippen molar-refractivity contribution in [2.24, 2.45) is 0 Å². The molecule has 0 aliphatic rings. The number of anilines is 1. The van der Waals surface area contributed by atoms with Crippen LogP contribution in [-0.2, 0) is 11.2 Å². The van der Waals surface area contributed by atoms with E-state index in [2.05, 4.69) is 19.2 Å². The molecule has 1 N–H and O–H groups in total. The summed E-state index contributed by atoms with van der Waals surface area (Å²) in [5, 5.41) is 2.93. The van der Waals surface area contributed by atoms with Crippen LogP contribution in [0.5, 0.6) is 11.5 Å². The van der Waals surface area contributed by atoms with Gasteiger partial charge in [0.15, 0.2) is 11.5 Å². The molecule has 27 heavy (non-hydrogen) atoms. The quantitative estimate of drug-likeness (QED) is 0.447. The van der Waals surface area contributed by atoms with Crippen molar-refractivity contribution in [3.05, 3.63) is 59.7 Å². The maximum atomic E-state index is 12.2. The Balaban J connectivity index is 2.00. The van der Waals surface area contributed by atoms with Crippen molar-refractivity contribution in [1.82, 2.24) is 0 Å². The molecule has 0 aliphatic heterocycles. The molecule has 0 saturated carbocycles. The molecule has 4 nitrogen and oxygen atoms in total. The van der Waals surface area contributed by atoms with E-state index in [9.17, 15) is 4.79 Å². The van der Waals surface area contributed by atoms with E-state index in [1.54, 1.807) is 13.2 Å². The highest BCUT2D eigenvalue weighted by Crippen LogP contribution is 2.28. The van der Waals surface area contributed by atoms with E-state index in [1.807, 2.05) is 42.5 Å². The molecule has 0 aliphatic carbocycles. The maximum absolute atomic E-state index is 12.2. The Hall–Kier alpha value is -2.75. The molecule has 0 aromatic heterocycles. The van der Waals surface area contributed by atoms with E-state index >= 15 is 0 Å². The van der Waals surface area contributed by atoms with Gasteiger partial charge in [-0.05, 0) is 48.2 Å². The summed E-state index contributed by atoms with van der Waals surface area (Å²) in [6, 6.07) is 13.5. The number of benzene rings is 2. The summed E-state index contributed by atoms with van der Waals surface area (Å²) in [4.78, 5) is 12.2. The number of carbonyl (C=O) groups excluding carboxylic acids is 1. The van der Waals surface area contributed by atoms with Gasteiger partial charge in [0.25, 0.3) is 0 Å². The van der Waals surface area contributed by atoms with Crippen LogP contribution in [-0.4, -0.2) is 19.6 Å². The Bertz CT molecular complexity index is 768. The van der Waals surface area contributed by atoms with Crippen molar-refractivity contribution in [2.45, 2.75) is 39.5 Å². The first-order chi connectivity index (χ1) is 13.2. The lowest BCUT2D eigenvalue weighted by molar-refractivity contribution is -0.111. The smallest absolute Gasteiger partial charge is 0.248 e. The van der Waals surface area contributed by atoms with Gasteiger partial charge in [0.05, 0.1) is 13.7 Å². The average molecular weight is 367 g/mol. The van der Waals surface area contributed by atoms with Crippen LogP contribution in [0.3, 0.4) is 0 Å². The molecule has 1 amide bonds. The van der Waals surface area contributed by atoms with Gasteiger partial charge >= 0.3 is 0 Å². The van der Waals surface area contributed by atoms with E-state index < -0.39 is 0 Å². The molecule has 144 valence electrons. The van der Waals surface area contributed by atoms with Gasteiger partial charge in [-0.25, -0.2) is 0 Å². The van der Waals surface area contributed by atoms with Crippen LogP contribution in [0.25, 0.3) is 6.08 Å². The van der Waals surface area contributed by atoms with Gasteiger partial charge in [-0.15, -0.1) is 0 Å². The van der Waals surface area contributed by atoms with E-state index in [-0.39, 0.29) is 5.91 Å². The number of amides is 1. The summed E-state index contributed by atoms with van der Waals surface area (Å²) in [6.07, 6.45) is 7.52. The number of unbranched alkanes of at least 4 members (excludes halogenated alkanes) is 2.